The molecule has 2 N–H and O–H groups in total. The normalized spacial score (nSPS) is 20.6. The number of amides is 3. The molecule has 5 rings (SSSR count). The number of halogens is 4. The Balaban J connectivity index is 1.32. The van der Waals surface area contributed by atoms with E-state index in [1.165, 1.54) is 25.3 Å². The molecule has 3 fully saturated rings. The van der Waals surface area contributed by atoms with E-state index < -0.39 is 47.9 Å². The first-order chi connectivity index (χ1) is 19.9. The Bertz CT molecular complexity index is 1330. The molecule has 1 aromatic carbocycles. The van der Waals surface area contributed by atoms with Crippen LogP contribution in [0.3, 0.4) is 0 Å². The van der Waals surface area contributed by atoms with Crippen molar-refractivity contribution in [1.29, 1.82) is 0 Å². The smallest absolute Gasteiger partial charge is 0.348 e. The first kappa shape index (κ1) is 30.0. The number of ether oxygens (including phenoxy) is 1. The summed E-state index contributed by atoms with van der Waals surface area (Å²) in [7, 11) is 0. The van der Waals surface area contributed by atoms with Crippen LogP contribution in [0.15, 0.2) is 30.5 Å². The molecule has 2 saturated carbocycles. The van der Waals surface area contributed by atoms with Gasteiger partial charge in [-0.1, -0.05) is 6.07 Å². The van der Waals surface area contributed by atoms with Gasteiger partial charge in [0.1, 0.15) is 17.6 Å². The lowest BCUT2D eigenvalue weighted by molar-refractivity contribution is -0.238. The molecule has 2 aliphatic carbocycles. The number of rotatable bonds is 10. The number of hydrogen-bond acceptors (Lipinski definition) is 5. The molecule has 0 radical (unpaired) electrons. The monoisotopic (exact) mass is 593 g/mol. The summed E-state index contributed by atoms with van der Waals surface area (Å²) in [5.74, 6) is -3.28. The fourth-order valence-electron chi connectivity index (χ4n) is 5.82. The zero-order valence-corrected chi connectivity index (χ0v) is 23.7. The van der Waals surface area contributed by atoms with E-state index in [4.69, 9.17) is 4.74 Å². The number of benzene rings is 1. The Kier molecular flexibility index (Phi) is 8.32. The van der Waals surface area contributed by atoms with Crippen LogP contribution in [0.4, 0.5) is 23.2 Å². The molecule has 1 aromatic heterocycles. The van der Waals surface area contributed by atoms with Crippen LogP contribution in [-0.2, 0) is 14.3 Å². The first-order valence-corrected chi connectivity index (χ1v) is 14.3. The van der Waals surface area contributed by atoms with Crippen LogP contribution in [0.25, 0.3) is 0 Å². The summed E-state index contributed by atoms with van der Waals surface area (Å²) in [5.41, 5.74) is 0.320. The van der Waals surface area contributed by atoms with Crippen molar-refractivity contribution in [3.63, 3.8) is 0 Å². The van der Waals surface area contributed by atoms with E-state index in [0.717, 1.165) is 31.7 Å². The molecule has 1 aliphatic heterocycles. The van der Waals surface area contributed by atoms with Crippen molar-refractivity contribution >= 4 is 23.4 Å². The maximum absolute atomic E-state index is 15.3. The number of nitrogens with one attached hydrogen (secondary N) is 2. The van der Waals surface area contributed by atoms with E-state index in [-0.39, 0.29) is 48.2 Å². The minimum atomic E-state index is -4.75. The van der Waals surface area contributed by atoms with Gasteiger partial charge in [0.25, 0.3) is 5.91 Å². The number of anilines is 1. The summed E-state index contributed by atoms with van der Waals surface area (Å²) in [4.78, 5) is 40.4. The molecule has 2 heterocycles. The highest BCUT2D eigenvalue weighted by atomic mass is 19.4. The Labute approximate surface area is 240 Å². The summed E-state index contributed by atoms with van der Waals surface area (Å²) in [5, 5.41) is 9.71. The number of nitrogens with zero attached hydrogens (tertiary/aromatic N) is 3. The second-order valence-corrected chi connectivity index (χ2v) is 11.7. The highest BCUT2D eigenvalue weighted by Gasteiger charge is 2.50. The summed E-state index contributed by atoms with van der Waals surface area (Å²) in [6.07, 6.45) is -1.74. The van der Waals surface area contributed by atoms with Crippen LogP contribution in [0.2, 0.25) is 0 Å². The number of alkyl halides is 3. The Hall–Kier alpha value is -3.48. The molecular weight excluding hydrogens is 558 g/mol. The number of carbonyl (C=O) groups is 3. The minimum Gasteiger partial charge on any atom is -0.348 e. The molecule has 1 saturated heterocycles. The van der Waals surface area contributed by atoms with Crippen molar-refractivity contribution in [2.24, 2.45) is 17.8 Å². The zero-order chi connectivity index (χ0) is 30.3. The molecule has 13 heteroatoms. The highest BCUT2D eigenvalue weighted by molar-refractivity contribution is 6.01. The van der Waals surface area contributed by atoms with Crippen molar-refractivity contribution in [2.45, 2.75) is 76.9 Å². The van der Waals surface area contributed by atoms with Crippen LogP contribution in [0, 0.1) is 23.6 Å². The third-order valence-corrected chi connectivity index (χ3v) is 8.25. The van der Waals surface area contributed by atoms with Crippen LogP contribution in [0.5, 0.6) is 0 Å². The fourth-order valence-corrected chi connectivity index (χ4v) is 5.82. The van der Waals surface area contributed by atoms with Crippen molar-refractivity contribution in [3.8, 4) is 0 Å². The van der Waals surface area contributed by atoms with Gasteiger partial charge in [0.2, 0.25) is 18.0 Å². The maximum atomic E-state index is 15.3. The lowest BCUT2D eigenvalue weighted by Crippen LogP contribution is -2.50. The largest absolute Gasteiger partial charge is 0.433 e. The molecule has 228 valence electrons. The number of hydrogen-bond donors (Lipinski definition) is 2. The van der Waals surface area contributed by atoms with E-state index in [1.807, 2.05) is 13.8 Å². The van der Waals surface area contributed by atoms with Gasteiger partial charge < -0.3 is 20.3 Å². The van der Waals surface area contributed by atoms with Gasteiger partial charge in [-0.15, -0.1) is 0 Å². The van der Waals surface area contributed by atoms with Crippen LogP contribution < -0.4 is 10.6 Å². The van der Waals surface area contributed by atoms with Gasteiger partial charge in [0, 0.05) is 18.8 Å². The summed E-state index contributed by atoms with van der Waals surface area (Å²) in [6.45, 7) is 4.70. The molecule has 3 aliphatic rings. The van der Waals surface area contributed by atoms with Gasteiger partial charge >= 0.3 is 6.18 Å². The quantitative estimate of drug-likeness (QED) is 0.391. The number of aromatic nitrogens is 2. The molecule has 0 bridgehead atoms. The van der Waals surface area contributed by atoms with Gasteiger partial charge in [-0.05, 0) is 88.0 Å². The average molecular weight is 594 g/mol. The predicted octanol–water partition coefficient (Wildman–Crippen LogP) is 4.63. The van der Waals surface area contributed by atoms with Crippen molar-refractivity contribution < 1.29 is 36.7 Å². The van der Waals surface area contributed by atoms with Crippen LogP contribution in [-0.4, -0.2) is 64.0 Å². The maximum Gasteiger partial charge on any atom is 0.433 e. The molecule has 3 amide bonds. The molecule has 2 aromatic rings. The summed E-state index contributed by atoms with van der Waals surface area (Å²) >= 11 is 0. The minimum absolute atomic E-state index is 0.0742. The molecular formula is C29H35F4N5O4. The van der Waals surface area contributed by atoms with Crippen molar-refractivity contribution in [2.75, 3.05) is 18.5 Å². The lowest BCUT2D eigenvalue weighted by atomic mass is 9.88. The SMILES string of the molecule is CC(C(=O)N1CCOC1C(F)(F)F)c1ccc(NC(=O)C(NC(=O)c2ccnn2C(C)C)C(C2CC2)C2CC2)c(F)c1. The fraction of sp³-hybridized carbons (Fsp3) is 0.586. The lowest BCUT2D eigenvalue weighted by Gasteiger charge is -2.28. The van der Waals surface area contributed by atoms with Gasteiger partial charge in [-0.2, -0.15) is 18.3 Å². The zero-order valence-electron chi connectivity index (χ0n) is 23.7. The van der Waals surface area contributed by atoms with E-state index >= 15 is 4.39 Å². The van der Waals surface area contributed by atoms with Crippen molar-refractivity contribution in [1.82, 2.24) is 20.0 Å². The second kappa shape index (κ2) is 11.7. The third-order valence-electron chi connectivity index (χ3n) is 8.25. The second-order valence-electron chi connectivity index (χ2n) is 11.7. The molecule has 0 spiro atoms. The topological polar surface area (TPSA) is 106 Å². The standard InChI is InChI=1S/C29H35F4N5O4/c1-15(2)38-22(10-11-34-38)25(39)36-24(23(17-4-5-17)18-6-7-18)26(40)35-21-9-8-19(14-20(21)30)16(3)27(41)37-12-13-42-28(37)29(31,32)33/h8-11,14-18,23-24,28H,4-7,12-13H2,1-3H3,(H,35,40)(H,36,39). The Morgan fingerprint density at radius 2 is 1.71 bits per heavy atom. The molecule has 3 unspecified atom stereocenters. The summed E-state index contributed by atoms with van der Waals surface area (Å²) in [6, 6.07) is 4.32. The Morgan fingerprint density at radius 3 is 2.29 bits per heavy atom. The molecule has 42 heavy (non-hydrogen) atoms. The van der Waals surface area contributed by atoms with Gasteiger partial charge in [-0.3, -0.25) is 19.1 Å². The van der Waals surface area contributed by atoms with Gasteiger partial charge in [-0.25, -0.2) is 4.39 Å². The summed E-state index contributed by atoms with van der Waals surface area (Å²) < 4.78 is 61.3. The highest BCUT2D eigenvalue weighted by Crippen LogP contribution is 2.51. The van der Waals surface area contributed by atoms with Crippen LogP contribution >= 0.6 is 0 Å². The van der Waals surface area contributed by atoms with Gasteiger partial charge in [0.05, 0.1) is 18.2 Å². The van der Waals surface area contributed by atoms with E-state index in [1.54, 1.807) is 10.7 Å². The first-order valence-electron chi connectivity index (χ1n) is 14.3. The predicted molar refractivity (Wildman–Crippen MR) is 144 cm³/mol. The molecule has 3 atom stereocenters. The van der Waals surface area contributed by atoms with Crippen molar-refractivity contribution in [3.05, 3.63) is 47.5 Å². The number of carbonyl (C=O) groups excluding carboxylic acids is 3. The van der Waals surface area contributed by atoms with E-state index in [0.29, 0.717) is 10.6 Å². The van der Waals surface area contributed by atoms with Crippen LogP contribution in [0.1, 0.15) is 74.5 Å². The van der Waals surface area contributed by atoms with E-state index in [2.05, 4.69) is 15.7 Å². The molecule has 9 nitrogen and oxygen atoms in total. The third kappa shape index (κ3) is 6.30. The Morgan fingerprint density at radius 1 is 1.05 bits per heavy atom. The average Bonchev–Trinajstić information content (AvgIpc) is 3.84. The van der Waals surface area contributed by atoms with E-state index in [9.17, 15) is 27.6 Å². The van der Waals surface area contributed by atoms with Gasteiger partial charge in [0.15, 0.2) is 0 Å².